The first-order valence-corrected chi connectivity index (χ1v) is 6.89. The molecule has 2 aromatic rings. The Labute approximate surface area is 120 Å². The van der Waals surface area contributed by atoms with E-state index < -0.39 is 0 Å². The van der Waals surface area contributed by atoms with Crippen LogP contribution in [0.4, 0.5) is 11.8 Å². The molecule has 0 atom stereocenters. The van der Waals surface area contributed by atoms with E-state index in [4.69, 9.17) is 0 Å². The van der Waals surface area contributed by atoms with Crippen LogP contribution in [-0.2, 0) is 6.54 Å². The molecule has 20 heavy (non-hydrogen) atoms. The molecule has 1 N–H and O–H groups in total. The highest BCUT2D eigenvalue weighted by molar-refractivity contribution is 5.41. The number of rotatable bonds is 5. The first kappa shape index (κ1) is 14.3. The standard InChI is InChI=1S/C16H22N4/c1-12(2)14-7-5-13(6-8-14)11-18-15-9-10-17-16(19-15)20(3)4/h5-10,12H,11H2,1-4H3,(H,17,18,19). The molecule has 0 spiro atoms. The number of benzene rings is 1. The van der Waals surface area contributed by atoms with Crippen molar-refractivity contribution in [1.82, 2.24) is 9.97 Å². The summed E-state index contributed by atoms with van der Waals surface area (Å²) in [5, 5.41) is 3.33. The van der Waals surface area contributed by atoms with E-state index >= 15 is 0 Å². The first-order chi connectivity index (χ1) is 9.56. The quantitative estimate of drug-likeness (QED) is 0.905. The van der Waals surface area contributed by atoms with Gasteiger partial charge in [-0.3, -0.25) is 0 Å². The fraction of sp³-hybridized carbons (Fsp3) is 0.375. The third-order valence-electron chi connectivity index (χ3n) is 3.16. The van der Waals surface area contributed by atoms with E-state index in [-0.39, 0.29) is 0 Å². The number of nitrogens with zero attached hydrogens (tertiary/aromatic N) is 3. The molecular weight excluding hydrogens is 248 g/mol. The van der Waals surface area contributed by atoms with Crippen molar-refractivity contribution in [1.29, 1.82) is 0 Å². The predicted molar refractivity (Wildman–Crippen MR) is 84.2 cm³/mol. The first-order valence-electron chi connectivity index (χ1n) is 6.89. The zero-order valence-corrected chi connectivity index (χ0v) is 12.6. The summed E-state index contributed by atoms with van der Waals surface area (Å²) in [5.74, 6) is 2.13. The zero-order valence-electron chi connectivity index (χ0n) is 12.6. The second-order valence-corrected chi connectivity index (χ2v) is 5.39. The van der Waals surface area contributed by atoms with Gasteiger partial charge >= 0.3 is 0 Å². The van der Waals surface area contributed by atoms with Crippen molar-refractivity contribution in [2.24, 2.45) is 0 Å². The molecule has 0 fully saturated rings. The number of nitrogens with one attached hydrogen (secondary N) is 1. The average Bonchev–Trinajstić information content (AvgIpc) is 2.46. The van der Waals surface area contributed by atoms with E-state index in [1.54, 1.807) is 6.20 Å². The van der Waals surface area contributed by atoms with Crippen molar-refractivity contribution >= 4 is 11.8 Å². The summed E-state index contributed by atoms with van der Waals surface area (Å²) < 4.78 is 0. The van der Waals surface area contributed by atoms with Crippen molar-refractivity contribution in [3.05, 3.63) is 47.7 Å². The lowest BCUT2D eigenvalue weighted by molar-refractivity contribution is 0.865. The van der Waals surface area contributed by atoms with Crippen LogP contribution in [0.15, 0.2) is 36.5 Å². The van der Waals surface area contributed by atoms with E-state index in [0.717, 1.165) is 12.4 Å². The monoisotopic (exact) mass is 270 g/mol. The van der Waals surface area contributed by atoms with Gasteiger partial charge in [-0.05, 0) is 23.1 Å². The van der Waals surface area contributed by atoms with Gasteiger partial charge in [-0.25, -0.2) is 4.98 Å². The lowest BCUT2D eigenvalue weighted by atomic mass is 10.0. The van der Waals surface area contributed by atoms with Gasteiger partial charge in [0.2, 0.25) is 5.95 Å². The second-order valence-electron chi connectivity index (χ2n) is 5.39. The maximum absolute atomic E-state index is 4.44. The molecule has 0 bridgehead atoms. The number of anilines is 2. The van der Waals surface area contributed by atoms with Gasteiger partial charge in [0.15, 0.2) is 0 Å². The van der Waals surface area contributed by atoms with Gasteiger partial charge < -0.3 is 10.2 Å². The predicted octanol–water partition coefficient (Wildman–Crippen LogP) is 3.28. The van der Waals surface area contributed by atoms with Gasteiger partial charge in [0.25, 0.3) is 0 Å². The summed E-state index contributed by atoms with van der Waals surface area (Å²) >= 11 is 0. The molecule has 0 unspecified atom stereocenters. The minimum atomic E-state index is 0.571. The Morgan fingerprint density at radius 2 is 1.80 bits per heavy atom. The highest BCUT2D eigenvalue weighted by atomic mass is 15.2. The Balaban J connectivity index is 1.99. The molecule has 4 heteroatoms. The minimum absolute atomic E-state index is 0.571. The van der Waals surface area contributed by atoms with Crippen molar-refractivity contribution in [3.63, 3.8) is 0 Å². The summed E-state index contributed by atoms with van der Waals surface area (Å²) in [6.45, 7) is 5.18. The molecule has 2 rings (SSSR count). The molecule has 1 aromatic heterocycles. The van der Waals surface area contributed by atoms with E-state index in [0.29, 0.717) is 11.9 Å². The summed E-state index contributed by atoms with van der Waals surface area (Å²) in [6.07, 6.45) is 1.77. The maximum atomic E-state index is 4.44. The van der Waals surface area contributed by atoms with Gasteiger partial charge in [-0.2, -0.15) is 4.98 Å². The molecule has 1 heterocycles. The summed E-state index contributed by atoms with van der Waals surface area (Å²) in [5.41, 5.74) is 2.62. The van der Waals surface area contributed by atoms with E-state index in [1.807, 2.05) is 25.1 Å². The van der Waals surface area contributed by atoms with Crippen LogP contribution in [0.1, 0.15) is 30.9 Å². The molecular formula is C16H22N4. The normalized spacial score (nSPS) is 10.7. The van der Waals surface area contributed by atoms with Crippen LogP contribution in [0.25, 0.3) is 0 Å². The molecule has 1 aromatic carbocycles. The maximum Gasteiger partial charge on any atom is 0.226 e. The Bertz CT molecular complexity index is 547. The number of hydrogen-bond acceptors (Lipinski definition) is 4. The molecule has 4 nitrogen and oxygen atoms in total. The molecule has 0 aliphatic rings. The number of hydrogen-bond donors (Lipinski definition) is 1. The zero-order chi connectivity index (χ0) is 14.5. The van der Waals surface area contributed by atoms with Crippen LogP contribution in [-0.4, -0.2) is 24.1 Å². The lowest BCUT2D eigenvalue weighted by Crippen LogP contribution is -2.13. The molecule has 0 aliphatic carbocycles. The SMILES string of the molecule is CC(C)c1ccc(CNc2ccnc(N(C)C)n2)cc1. The van der Waals surface area contributed by atoms with Crippen LogP contribution in [0.3, 0.4) is 0 Å². The van der Waals surface area contributed by atoms with Gasteiger partial charge in [-0.1, -0.05) is 38.1 Å². The molecule has 106 valence electrons. The second kappa shape index (κ2) is 6.37. The Kier molecular flexibility index (Phi) is 4.56. The summed E-state index contributed by atoms with van der Waals surface area (Å²) in [7, 11) is 3.87. The average molecular weight is 270 g/mol. The van der Waals surface area contributed by atoms with E-state index in [2.05, 4.69) is 53.4 Å². The fourth-order valence-corrected chi connectivity index (χ4v) is 1.88. The Morgan fingerprint density at radius 3 is 2.40 bits per heavy atom. The Morgan fingerprint density at radius 1 is 1.10 bits per heavy atom. The molecule has 0 saturated carbocycles. The van der Waals surface area contributed by atoms with Crippen LogP contribution in [0.2, 0.25) is 0 Å². The number of aromatic nitrogens is 2. The van der Waals surface area contributed by atoms with Crippen molar-refractivity contribution in [2.75, 3.05) is 24.3 Å². The molecule has 0 amide bonds. The highest BCUT2D eigenvalue weighted by Crippen LogP contribution is 2.15. The summed E-state index contributed by atoms with van der Waals surface area (Å²) in [4.78, 5) is 10.5. The smallest absolute Gasteiger partial charge is 0.226 e. The molecule has 0 radical (unpaired) electrons. The third-order valence-corrected chi connectivity index (χ3v) is 3.16. The largest absolute Gasteiger partial charge is 0.366 e. The van der Waals surface area contributed by atoms with E-state index in [9.17, 15) is 0 Å². The van der Waals surface area contributed by atoms with Crippen molar-refractivity contribution in [3.8, 4) is 0 Å². The van der Waals surface area contributed by atoms with Crippen molar-refractivity contribution in [2.45, 2.75) is 26.3 Å². The minimum Gasteiger partial charge on any atom is -0.366 e. The topological polar surface area (TPSA) is 41.1 Å². The van der Waals surface area contributed by atoms with Crippen molar-refractivity contribution < 1.29 is 0 Å². The van der Waals surface area contributed by atoms with Crippen LogP contribution >= 0.6 is 0 Å². The van der Waals surface area contributed by atoms with Crippen LogP contribution < -0.4 is 10.2 Å². The third kappa shape index (κ3) is 3.70. The highest BCUT2D eigenvalue weighted by Gasteiger charge is 2.02. The lowest BCUT2D eigenvalue weighted by Gasteiger charge is -2.12. The Hall–Kier alpha value is -2.10. The van der Waals surface area contributed by atoms with Crippen LogP contribution in [0.5, 0.6) is 0 Å². The van der Waals surface area contributed by atoms with Gasteiger partial charge in [0.05, 0.1) is 0 Å². The molecule has 0 aliphatic heterocycles. The van der Waals surface area contributed by atoms with Crippen LogP contribution in [0, 0.1) is 0 Å². The van der Waals surface area contributed by atoms with Gasteiger partial charge in [-0.15, -0.1) is 0 Å². The molecule has 0 saturated heterocycles. The van der Waals surface area contributed by atoms with E-state index in [1.165, 1.54) is 11.1 Å². The van der Waals surface area contributed by atoms with Gasteiger partial charge in [0.1, 0.15) is 5.82 Å². The van der Waals surface area contributed by atoms with Gasteiger partial charge in [0, 0.05) is 26.8 Å². The fourth-order valence-electron chi connectivity index (χ4n) is 1.88. The summed E-state index contributed by atoms with van der Waals surface area (Å²) in [6, 6.07) is 10.6.